The van der Waals surface area contributed by atoms with Gasteiger partial charge in [0.15, 0.2) is 0 Å². The van der Waals surface area contributed by atoms with Crippen LogP contribution in [0.1, 0.15) is 30.1 Å². The third-order valence-electron chi connectivity index (χ3n) is 5.27. The Morgan fingerprint density at radius 1 is 0.920 bits per heavy atom. The molecule has 130 valence electrons. The van der Waals surface area contributed by atoms with Gasteiger partial charge in [0.2, 0.25) is 0 Å². The Morgan fingerprint density at radius 2 is 1.60 bits per heavy atom. The molecule has 0 radical (unpaired) electrons. The molecule has 1 N–H and O–H groups in total. The molecule has 4 rings (SSSR count). The van der Waals surface area contributed by atoms with Gasteiger partial charge in [-0.1, -0.05) is 60.7 Å². The first-order chi connectivity index (χ1) is 12.4. The lowest BCUT2D eigenvalue weighted by Crippen LogP contribution is -2.37. The number of hydrogen-bond donors (Lipinski definition) is 1. The van der Waals surface area contributed by atoms with E-state index >= 15 is 0 Å². The summed E-state index contributed by atoms with van der Waals surface area (Å²) in [6.07, 6.45) is 6.03. The van der Waals surface area contributed by atoms with Gasteiger partial charge in [0, 0.05) is 6.54 Å². The molecule has 3 nitrogen and oxygen atoms in total. The van der Waals surface area contributed by atoms with E-state index in [1.165, 1.54) is 49.2 Å². The second-order valence-electron chi connectivity index (χ2n) is 7.15. The van der Waals surface area contributed by atoms with E-state index in [1.54, 1.807) is 0 Å². The smallest absolute Gasteiger partial charge is 0.131 e. The third-order valence-corrected chi connectivity index (χ3v) is 5.27. The highest BCUT2D eigenvalue weighted by molar-refractivity contribution is 5.25. The largest absolute Gasteiger partial charge is 0.298 e. The van der Waals surface area contributed by atoms with Gasteiger partial charge in [-0.05, 0) is 55.5 Å². The van der Waals surface area contributed by atoms with Crippen LogP contribution in [0.5, 0.6) is 0 Å². The van der Waals surface area contributed by atoms with Crippen LogP contribution in [-0.2, 0) is 11.3 Å². The first-order valence-corrected chi connectivity index (χ1v) is 9.30. The Hall–Kier alpha value is -2.10. The van der Waals surface area contributed by atoms with E-state index < -0.39 is 0 Å². The molecule has 0 bridgehead atoms. The van der Waals surface area contributed by atoms with Gasteiger partial charge < -0.3 is 0 Å². The maximum atomic E-state index is 5.72. The molecule has 2 heterocycles. The average Bonchev–Trinajstić information content (AvgIpc) is 3.14. The summed E-state index contributed by atoms with van der Waals surface area (Å²) in [5.41, 5.74) is 6.99. The van der Waals surface area contributed by atoms with Crippen molar-refractivity contribution >= 4 is 0 Å². The SMILES string of the molecule is C1=C(CN2CCC(Cc3ccccc3)CC2)NOC1c1ccccc1. The predicted molar refractivity (Wildman–Crippen MR) is 101 cm³/mol. The highest BCUT2D eigenvalue weighted by atomic mass is 16.7. The van der Waals surface area contributed by atoms with Crippen molar-refractivity contribution in [2.75, 3.05) is 19.6 Å². The highest BCUT2D eigenvalue weighted by Gasteiger charge is 2.23. The topological polar surface area (TPSA) is 24.5 Å². The summed E-state index contributed by atoms with van der Waals surface area (Å²) in [6, 6.07) is 21.3. The quantitative estimate of drug-likeness (QED) is 0.891. The molecule has 1 saturated heterocycles. The fourth-order valence-electron chi connectivity index (χ4n) is 3.82. The number of nitrogens with one attached hydrogen (secondary N) is 1. The Balaban J connectivity index is 1.26. The van der Waals surface area contributed by atoms with Crippen LogP contribution in [0, 0.1) is 5.92 Å². The molecule has 2 aliphatic rings. The molecule has 2 aliphatic heterocycles. The number of piperidine rings is 1. The lowest BCUT2D eigenvalue weighted by molar-refractivity contribution is 0.0380. The Labute approximate surface area is 150 Å². The maximum Gasteiger partial charge on any atom is 0.131 e. The summed E-state index contributed by atoms with van der Waals surface area (Å²) in [4.78, 5) is 8.26. The van der Waals surface area contributed by atoms with Gasteiger partial charge in [0.05, 0.1) is 5.70 Å². The number of likely N-dealkylation sites (tertiary alicyclic amines) is 1. The van der Waals surface area contributed by atoms with E-state index in [9.17, 15) is 0 Å². The van der Waals surface area contributed by atoms with Crippen molar-refractivity contribution in [3.8, 4) is 0 Å². The summed E-state index contributed by atoms with van der Waals surface area (Å²) in [6.45, 7) is 3.31. The Morgan fingerprint density at radius 3 is 2.32 bits per heavy atom. The van der Waals surface area contributed by atoms with Crippen LogP contribution in [0.4, 0.5) is 0 Å². The predicted octanol–water partition coefficient (Wildman–Crippen LogP) is 4.10. The summed E-state index contributed by atoms with van der Waals surface area (Å²) < 4.78 is 0. The van der Waals surface area contributed by atoms with Gasteiger partial charge in [-0.3, -0.25) is 15.2 Å². The van der Waals surface area contributed by atoms with E-state index in [0.29, 0.717) is 0 Å². The number of benzene rings is 2. The number of rotatable bonds is 5. The van der Waals surface area contributed by atoms with Crippen LogP contribution in [-0.4, -0.2) is 24.5 Å². The fourth-order valence-corrected chi connectivity index (χ4v) is 3.82. The van der Waals surface area contributed by atoms with Crippen LogP contribution in [0.25, 0.3) is 0 Å². The van der Waals surface area contributed by atoms with Crippen molar-refractivity contribution in [2.45, 2.75) is 25.4 Å². The maximum absolute atomic E-state index is 5.72. The molecule has 0 aliphatic carbocycles. The van der Waals surface area contributed by atoms with Gasteiger partial charge in [-0.15, -0.1) is 0 Å². The van der Waals surface area contributed by atoms with Crippen LogP contribution < -0.4 is 5.48 Å². The van der Waals surface area contributed by atoms with E-state index in [2.05, 4.69) is 71.1 Å². The van der Waals surface area contributed by atoms with E-state index in [-0.39, 0.29) is 6.10 Å². The number of hydroxylamine groups is 1. The van der Waals surface area contributed by atoms with Crippen LogP contribution in [0.15, 0.2) is 72.4 Å². The minimum atomic E-state index is 0.0341. The average molecular weight is 334 g/mol. The van der Waals surface area contributed by atoms with Crippen LogP contribution in [0.2, 0.25) is 0 Å². The van der Waals surface area contributed by atoms with Gasteiger partial charge in [-0.25, -0.2) is 0 Å². The van der Waals surface area contributed by atoms with Crippen molar-refractivity contribution in [2.24, 2.45) is 5.92 Å². The van der Waals surface area contributed by atoms with Crippen molar-refractivity contribution in [1.82, 2.24) is 10.4 Å². The second kappa shape index (κ2) is 7.85. The molecular formula is C22H26N2O. The minimum absolute atomic E-state index is 0.0341. The Bertz CT molecular complexity index is 690. The van der Waals surface area contributed by atoms with Gasteiger partial charge >= 0.3 is 0 Å². The molecule has 0 saturated carbocycles. The first-order valence-electron chi connectivity index (χ1n) is 9.30. The monoisotopic (exact) mass is 334 g/mol. The zero-order chi connectivity index (χ0) is 16.9. The summed E-state index contributed by atoms with van der Waals surface area (Å²) in [5, 5.41) is 0. The lowest BCUT2D eigenvalue weighted by atomic mass is 9.90. The van der Waals surface area contributed by atoms with Gasteiger partial charge in [0.25, 0.3) is 0 Å². The Kier molecular flexibility index (Phi) is 5.14. The number of nitrogens with zero attached hydrogens (tertiary/aromatic N) is 1. The molecule has 25 heavy (non-hydrogen) atoms. The zero-order valence-corrected chi connectivity index (χ0v) is 14.6. The second-order valence-corrected chi connectivity index (χ2v) is 7.15. The van der Waals surface area contributed by atoms with Gasteiger partial charge in [-0.2, -0.15) is 0 Å². The zero-order valence-electron chi connectivity index (χ0n) is 14.6. The first kappa shape index (κ1) is 16.4. The molecule has 1 fully saturated rings. The van der Waals surface area contributed by atoms with E-state index in [1.807, 2.05) is 6.07 Å². The molecular weight excluding hydrogens is 308 g/mol. The summed E-state index contributed by atoms with van der Waals surface area (Å²) in [7, 11) is 0. The lowest BCUT2D eigenvalue weighted by Gasteiger charge is -2.32. The molecule has 1 atom stereocenters. The van der Waals surface area contributed by atoms with Gasteiger partial charge in [0.1, 0.15) is 6.10 Å². The molecule has 3 heteroatoms. The summed E-state index contributed by atoms with van der Waals surface area (Å²) >= 11 is 0. The standard InChI is InChI=1S/C22H26N2O/c1-3-7-18(8-4-1)15-19-11-13-24(14-12-19)17-21-16-22(25-23-21)20-9-5-2-6-10-20/h1-10,16,19,22-23H,11-15,17H2. The highest BCUT2D eigenvalue weighted by Crippen LogP contribution is 2.26. The van der Waals surface area contributed by atoms with E-state index in [4.69, 9.17) is 4.84 Å². The molecule has 0 aromatic heterocycles. The minimum Gasteiger partial charge on any atom is -0.298 e. The van der Waals surface area contributed by atoms with E-state index in [0.717, 1.165) is 12.5 Å². The summed E-state index contributed by atoms with van der Waals surface area (Å²) in [5.74, 6) is 0.817. The van der Waals surface area contributed by atoms with Crippen molar-refractivity contribution in [1.29, 1.82) is 0 Å². The van der Waals surface area contributed by atoms with Crippen LogP contribution in [0.3, 0.4) is 0 Å². The van der Waals surface area contributed by atoms with Crippen molar-refractivity contribution in [3.05, 3.63) is 83.6 Å². The van der Waals surface area contributed by atoms with Crippen molar-refractivity contribution < 1.29 is 4.84 Å². The molecule has 0 spiro atoms. The normalized spacial score (nSPS) is 21.8. The molecule has 2 aromatic carbocycles. The molecule has 1 unspecified atom stereocenters. The number of hydrogen-bond acceptors (Lipinski definition) is 3. The molecule has 2 aromatic rings. The fraction of sp³-hybridized carbons (Fsp3) is 0.364. The van der Waals surface area contributed by atoms with Crippen molar-refractivity contribution in [3.63, 3.8) is 0 Å². The third kappa shape index (κ3) is 4.30. The van der Waals surface area contributed by atoms with Crippen LogP contribution >= 0.6 is 0 Å². The molecule has 0 amide bonds.